The molecule has 1 aromatic heterocycles. The molecule has 0 bridgehead atoms. The van der Waals surface area contributed by atoms with Crippen LogP contribution in [-0.4, -0.2) is 42.3 Å². The first-order chi connectivity index (χ1) is 15.5. The Kier molecular flexibility index (Phi) is 11.4. The van der Waals surface area contributed by atoms with E-state index >= 15 is 0 Å². The van der Waals surface area contributed by atoms with Gasteiger partial charge in [0, 0.05) is 11.9 Å². The lowest BCUT2D eigenvalue weighted by atomic mass is 10.1. The minimum atomic E-state index is -0.117. The maximum Gasteiger partial charge on any atom is 0.230 e. The van der Waals surface area contributed by atoms with Crippen molar-refractivity contribution in [2.75, 3.05) is 31.6 Å². The Morgan fingerprint density at radius 3 is 2.91 bits per heavy atom. The largest absolute Gasteiger partial charge is 0.494 e. The van der Waals surface area contributed by atoms with Crippen LogP contribution in [0.4, 0.5) is 5.13 Å². The van der Waals surface area contributed by atoms with Gasteiger partial charge >= 0.3 is 0 Å². The zero-order valence-electron chi connectivity index (χ0n) is 18.9. The molecule has 1 amide bonds. The molecule has 0 aliphatic heterocycles. The van der Waals surface area contributed by atoms with Gasteiger partial charge in [-0.05, 0) is 49.6 Å². The highest BCUT2D eigenvalue weighted by atomic mass is 32.1. The minimum Gasteiger partial charge on any atom is -0.494 e. The predicted molar refractivity (Wildman–Crippen MR) is 133 cm³/mol. The van der Waals surface area contributed by atoms with Gasteiger partial charge in [-0.15, -0.1) is 11.3 Å². The number of anilines is 1. The summed E-state index contributed by atoms with van der Waals surface area (Å²) in [6, 6.07) is 7.57. The maximum atomic E-state index is 12.5. The molecule has 0 saturated heterocycles. The van der Waals surface area contributed by atoms with Crippen LogP contribution in [0, 0.1) is 0 Å². The van der Waals surface area contributed by atoms with Gasteiger partial charge < -0.3 is 20.5 Å². The van der Waals surface area contributed by atoms with Gasteiger partial charge in [0.2, 0.25) is 5.91 Å². The summed E-state index contributed by atoms with van der Waals surface area (Å²) < 4.78 is 5.75. The predicted octanol–water partition coefficient (Wildman–Crippen LogP) is 4.60. The molecule has 0 saturated carbocycles. The quantitative estimate of drug-likeness (QED) is 0.286. The molecule has 32 heavy (non-hydrogen) atoms. The molecule has 0 radical (unpaired) electrons. The summed E-state index contributed by atoms with van der Waals surface area (Å²) in [5.41, 5.74) is 3.76. The average molecular weight is 456 g/mol. The number of hydrogen-bond acceptors (Lipinski definition) is 6. The molecule has 0 spiro atoms. The van der Waals surface area contributed by atoms with Crippen molar-refractivity contribution in [1.82, 2.24) is 10.3 Å². The number of hydrogen-bond donors (Lipinski definition) is 3. The van der Waals surface area contributed by atoms with E-state index in [4.69, 9.17) is 9.84 Å². The van der Waals surface area contributed by atoms with E-state index in [1.54, 1.807) is 0 Å². The first kappa shape index (κ1) is 25.5. The zero-order chi connectivity index (χ0) is 23.2. The number of nitrogens with zero attached hydrogens (tertiary/aromatic N) is 1. The second-order valence-electron chi connectivity index (χ2n) is 7.18. The van der Waals surface area contributed by atoms with Gasteiger partial charge in [0.05, 0.1) is 25.3 Å². The fraction of sp³-hybridized carbons (Fsp3) is 0.360. The molecule has 0 fully saturated rings. The molecule has 2 rings (SSSR count). The van der Waals surface area contributed by atoms with E-state index in [1.807, 2.05) is 54.8 Å². The Balaban J connectivity index is 1.86. The van der Waals surface area contributed by atoms with E-state index < -0.39 is 0 Å². The minimum absolute atomic E-state index is 0.117. The molecule has 0 unspecified atom stereocenters. The SMILES string of the molecule is C=C(/C=C\C(=C/C)c1csc(NC(=O)Cc2cccc(OCCCNCCO)c2)n1)CC. The van der Waals surface area contributed by atoms with E-state index in [-0.39, 0.29) is 18.9 Å². The van der Waals surface area contributed by atoms with Gasteiger partial charge in [0.1, 0.15) is 5.75 Å². The van der Waals surface area contributed by atoms with Crippen molar-refractivity contribution in [3.8, 4) is 5.75 Å². The van der Waals surface area contributed by atoms with Crippen LogP contribution in [0.3, 0.4) is 0 Å². The van der Waals surface area contributed by atoms with Crippen LogP contribution in [0.15, 0.2) is 60.0 Å². The molecule has 0 aliphatic carbocycles. The maximum absolute atomic E-state index is 12.5. The average Bonchev–Trinajstić information content (AvgIpc) is 3.24. The summed E-state index contributed by atoms with van der Waals surface area (Å²) in [4.78, 5) is 17.0. The van der Waals surface area contributed by atoms with Crippen LogP contribution in [-0.2, 0) is 11.2 Å². The number of carbonyl (C=O) groups excluding carboxylic acids is 1. The lowest BCUT2D eigenvalue weighted by Gasteiger charge is -2.08. The van der Waals surface area contributed by atoms with Crippen LogP contribution in [0.25, 0.3) is 5.57 Å². The van der Waals surface area contributed by atoms with Crippen molar-refractivity contribution >= 4 is 27.9 Å². The zero-order valence-corrected chi connectivity index (χ0v) is 19.7. The highest BCUT2D eigenvalue weighted by Gasteiger charge is 2.10. The first-order valence-electron chi connectivity index (χ1n) is 10.9. The number of thiazole rings is 1. The third-order valence-corrected chi connectivity index (χ3v) is 5.39. The number of carbonyl (C=O) groups is 1. The second kappa shape index (κ2) is 14.3. The summed E-state index contributed by atoms with van der Waals surface area (Å²) in [5, 5.41) is 17.3. The second-order valence-corrected chi connectivity index (χ2v) is 8.03. The Bertz CT molecular complexity index is 934. The highest BCUT2D eigenvalue weighted by molar-refractivity contribution is 7.14. The number of amides is 1. The van der Waals surface area contributed by atoms with Crippen LogP contribution >= 0.6 is 11.3 Å². The topological polar surface area (TPSA) is 83.5 Å². The summed E-state index contributed by atoms with van der Waals surface area (Å²) in [6.45, 7) is 10.1. The number of aliphatic hydroxyl groups is 1. The van der Waals surface area contributed by atoms with E-state index in [1.165, 1.54) is 11.3 Å². The summed E-state index contributed by atoms with van der Waals surface area (Å²) >= 11 is 1.41. The molecule has 172 valence electrons. The third kappa shape index (κ3) is 9.18. The molecule has 6 nitrogen and oxygen atoms in total. The van der Waals surface area contributed by atoms with Crippen molar-refractivity contribution in [2.24, 2.45) is 0 Å². The molecular formula is C25H33N3O3S. The Morgan fingerprint density at radius 2 is 2.16 bits per heavy atom. The fourth-order valence-electron chi connectivity index (χ4n) is 2.80. The van der Waals surface area contributed by atoms with Crippen molar-refractivity contribution in [2.45, 2.75) is 33.1 Å². The van der Waals surface area contributed by atoms with Gasteiger partial charge in [-0.1, -0.05) is 49.4 Å². The number of benzene rings is 1. The molecule has 0 atom stereocenters. The van der Waals surface area contributed by atoms with Crippen LogP contribution in [0.2, 0.25) is 0 Å². The number of nitrogens with one attached hydrogen (secondary N) is 2. The lowest BCUT2D eigenvalue weighted by Crippen LogP contribution is -2.20. The van der Waals surface area contributed by atoms with Crippen LogP contribution < -0.4 is 15.4 Å². The molecule has 2 aromatic rings. The summed E-state index contributed by atoms with van der Waals surface area (Å²) in [6.07, 6.45) is 7.98. The van der Waals surface area contributed by atoms with E-state index in [0.717, 1.165) is 47.5 Å². The Hall–Kier alpha value is -2.74. The summed E-state index contributed by atoms with van der Waals surface area (Å²) in [7, 11) is 0. The Labute approximate surface area is 194 Å². The normalized spacial score (nSPS) is 11.7. The van der Waals surface area contributed by atoms with E-state index in [0.29, 0.717) is 18.3 Å². The van der Waals surface area contributed by atoms with Gasteiger partial charge in [-0.2, -0.15) is 0 Å². The molecule has 3 N–H and O–H groups in total. The number of aromatic nitrogens is 1. The van der Waals surface area contributed by atoms with Crippen LogP contribution in [0.5, 0.6) is 5.75 Å². The molecule has 1 aromatic carbocycles. The van der Waals surface area contributed by atoms with Gasteiger partial charge in [-0.25, -0.2) is 4.98 Å². The van der Waals surface area contributed by atoms with Crippen molar-refractivity contribution < 1.29 is 14.6 Å². The number of aliphatic hydroxyl groups excluding tert-OH is 1. The summed E-state index contributed by atoms with van der Waals surface area (Å²) in [5.74, 6) is 0.625. The highest BCUT2D eigenvalue weighted by Crippen LogP contribution is 2.23. The molecule has 0 aliphatic rings. The van der Waals surface area contributed by atoms with E-state index in [9.17, 15) is 4.79 Å². The standard InChI is InChI=1S/C25H33N3O3S/c1-4-19(3)10-11-21(5-2)23-18-32-25(27-23)28-24(30)17-20-8-6-9-22(16-20)31-15-7-12-26-13-14-29/h5-6,8-11,16,18,26,29H,3-4,7,12-15,17H2,1-2H3,(H,27,28,30)/b11-10-,21-5+. The van der Waals surface area contributed by atoms with Crippen LogP contribution in [0.1, 0.15) is 37.9 Å². The van der Waals surface area contributed by atoms with Crippen molar-refractivity contribution in [1.29, 1.82) is 0 Å². The van der Waals surface area contributed by atoms with Gasteiger partial charge in [0.25, 0.3) is 0 Å². The van der Waals surface area contributed by atoms with Gasteiger partial charge in [-0.3, -0.25) is 4.79 Å². The third-order valence-electron chi connectivity index (χ3n) is 4.63. The molecule has 1 heterocycles. The molecule has 7 heteroatoms. The van der Waals surface area contributed by atoms with Crippen molar-refractivity contribution in [3.63, 3.8) is 0 Å². The number of allylic oxidation sites excluding steroid dienone is 5. The van der Waals surface area contributed by atoms with E-state index in [2.05, 4.69) is 29.1 Å². The van der Waals surface area contributed by atoms with Crippen molar-refractivity contribution in [3.05, 3.63) is 71.3 Å². The lowest BCUT2D eigenvalue weighted by molar-refractivity contribution is -0.115. The first-order valence-corrected chi connectivity index (χ1v) is 11.7. The fourth-order valence-corrected chi connectivity index (χ4v) is 3.54. The smallest absolute Gasteiger partial charge is 0.230 e. The Morgan fingerprint density at radius 1 is 1.31 bits per heavy atom. The molecular weight excluding hydrogens is 422 g/mol. The number of ether oxygens (including phenoxy) is 1. The number of rotatable bonds is 14. The van der Waals surface area contributed by atoms with Gasteiger partial charge in [0.15, 0.2) is 5.13 Å². The monoisotopic (exact) mass is 455 g/mol.